The summed E-state index contributed by atoms with van der Waals surface area (Å²) in [5.41, 5.74) is 8.11. The highest BCUT2D eigenvalue weighted by Gasteiger charge is 2.23. The Hall–Kier alpha value is -1.81. The van der Waals surface area contributed by atoms with Gasteiger partial charge in [0.25, 0.3) is 0 Å². The van der Waals surface area contributed by atoms with Crippen LogP contribution in [-0.2, 0) is 0 Å². The second-order valence-corrected chi connectivity index (χ2v) is 5.40. The summed E-state index contributed by atoms with van der Waals surface area (Å²) in [5.74, 6) is 0. The van der Waals surface area contributed by atoms with Crippen LogP contribution < -0.4 is 10.6 Å². The number of aromatic nitrogens is 1. The van der Waals surface area contributed by atoms with Crippen LogP contribution in [0.3, 0.4) is 0 Å². The summed E-state index contributed by atoms with van der Waals surface area (Å²) in [6.07, 6.45) is 3.70. The van der Waals surface area contributed by atoms with E-state index in [4.69, 9.17) is 5.73 Å². The molecule has 0 saturated carbocycles. The maximum Gasteiger partial charge on any atom is 0.0451 e. The van der Waals surface area contributed by atoms with Crippen molar-refractivity contribution in [3.05, 3.63) is 30.6 Å². The Morgan fingerprint density at radius 2 is 2.05 bits per heavy atom. The highest BCUT2D eigenvalue weighted by Crippen LogP contribution is 2.32. The van der Waals surface area contributed by atoms with E-state index < -0.39 is 0 Å². The summed E-state index contributed by atoms with van der Waals surface area (Å²) >= 11 is 0. The molecule has 4 nitrogen and oxygen atoms in total. The molecule has 1 fully saturated rings. The second-order valence-electron chi connectivity index (χ2n) is 5.40. The summed E-state index contributed by atoms with van der Waals surface area (Å²) in [4.78, 5) is 9.04. The van der Waals surface area contributed by atoms with Crippen molar-refractivity contribution in [2.24, 2.45) is 0 Å². The zero-order valence-corrected chi connectivity index (χ0v) is 11.5. The molecule has 0 spiro atoms. The quantitative estimate of drug-likeness (QED) is 0.792. The standard InChI is InChI=1S/C15H20N4/c1-11-10-18(2)7-8-19(11)15-4-3-14(16)13-9-17-6-5-12(13)15/h3-6,9,11H,7-8,10,16H2,1-2H3. The molecule has 100 valence electrons. The molecule has 3 rings (SSSR count). The number of pyridine rings is 1. The number of hydrogen-bond acceptors (Lipinski definition) is 4. The van der Waals surface area contributed by atoms with Gasteiger partial charge in [-0.2, -0.15) is 0 Å². The van der Waals surface area contributed by atoms with Gasteiger partial charge in [-0.3, -0.25) is 4.98 Å². The lowest BCUT2D eigenvalue weighted by Crippen LogP contribution is -2.50. The first-order valence-corrected chi connectivity index (χ1v) is 6.74. The minimum atomic E-state index is 0.513. The summed E-state index contributed by atoms with van der Waals surface area (Å²) in [7, 11) is 2.18. The Balaban J connectivity index is 2.08. The molecule has 0 radical (unpaired) electrons. The van der Waals surface area contributed by atoms with Crippen molar-refractivity contribution in [2.45, 2.75) is 13.0 Å². The fourth-order valence-corrected chi connectivity index (χ4v) is 2.94. The van der Waals surface area contributed by atoms with Gasteiger partial charge in [0, 0.05) is 60.2 Å². The smallest absolute Gasteiger partial charge is 0.0451 e. The number of benzene rings is 1. The summed E-state index contributed by atoms with van der Waals surface area (Å²) in [5, 5.41) is 2.25. The lowest BCUT2D eigenvalue weighted by atomic mass is 10.1. The predicted octanol–water partition coefficient (Wildman–Crippen LogP) is 1.96. The molecule has 19 heavy (non-hydrogen) atoms. The molecule has 2 heterocycles. The Morgan fingerprint density at radius 3 is 2.84 bits per heavy atom. The van der Waals surface area contributed by atoms with E-state index in [0.717, 1.165) is 30.7 Å². The van der Waals surface area contributed by atoms with Crippen LogP contribution in [0.25, 0.3) is 10.8 Å². The van der Waals surface area contributed by atoms with Crippen LogP contribution in [0.1, 0.15) is 6.92 Å². The van der Waals surface area contributed by atoms with Crippen LogP contribution in [-0.4, -0.2) is 42.6 Å². The molecule has 1 saturated heterocycles. The molecule has 1 aromatic carbocycles. The Bertz CT molecular complexity index is 596. The Kier molecular flexibility index (Phi) is 3.03. The lowest BCUT2D eigenvalue weighted by Gasteiger charge is -2.40. The van der Waals surface area contributed by atoms with Gasteiger partial charge in [-0.25, -0.2) is 0 Å². The highest BCUT2D eigenvalue weighted by molar-refractivity contribution is 6.00. The molecule has 0 amide bonds. The topological polar surface area (TPSA) is 45.4 Å². The van der Waals surface area contributed by atoms with E-state index >= 15 is 0 Å². The van der Waals surface area contributed by atoms with E-state index in [1.165, 1.54) is 11.1 Å². The number of likely N-dealkylation sites (N-methyl/N-ethyl adjacent to an activating group) is 1. The van der Waals surface area contributed by atoms with Gasteiger partial charge >= 0.3 is 0 Å². The Labute approximate surface area is 113 Å². The van der Waals surface area contributed by atoms with Crippen LogP contribution in [0.5, 0.6) is 0 Å². The largest absolute Gasteiger partial charge is 0.398 e. The van der Waals surface area contributed by atoms with E-state index in [0.29, 0.717) is 6.04 Å². The van der Waals surface area contributed by atoms with E-state index in [-0.39, 0.29) is 0 Å². The van der Waals surface area contributed by atoms with Crippen molar-refractivity contribution in [3.63, 3.8) is 0 Å². The van der Waals surface area contributed by atoms with Crippen molar-refractivity contribution >= 4 is 22.1 Å². The maximum atomic E-state index is 6.04. The SMILES string of the molecule is CC1CN(C)CCN1c1ccc(N)c2cnccc12. The molecule has 1 unspecified atom stereocenters. The first-order chi connectivity index (χ1) is 9.16. The van der Waals surface area contributed by atoms with Gasteiger partial charge in [0.15, 0.2) is 0 Å². The molecule has 4 heteroatoms. The van der Waals surface area contributed by atoms with Crippen molar-refractivity contribution in [3.8, 4) is 0 Å². The zero-order chi connectivity index (χ0) is 13.4. The third-order valence-corrected chi connectivity index (χ3v) is 3.97. The van der Waals surface area contributed by atoms with Crippen LogP contribution in [0, 0.1) is 0 Å². The van der Waals surface area contributed by atoms with Gasteiger partial charge in [-0.1, -0.05) is 0 Å². The monoisotopic (exact) mass is 256 g/mol. The van der Waals surface area contributed by atoms with Gasteiger partial charge < -0.3 is 15.5 Å². The first kappa shape index (κ1) is 12.2. The molecular weight excluding hydrogens is 236 g/mol. The van der Waals surface area contributed by atoms with Gasteiger partial charge in [0.2, 0.25) is 0 Å². The minimum Gasteiger partial charge on any atom is -0.398 e. The molecular formula is C15H20N4. The molecule has 2 N–H and O–H groups in total. The first-order valence-electron chi connectivity index (χ1n) is 6.74. The lowest BCUT2D eigenvalue weighted by molar-refractivity contribution is 0.276. The molecule has 1 aliphatic heterocycles. The van der Waals surface area contributed by atoms with Crippen molar-refractivity contribution in [2.75, 3.05) is 37.3 Å². The van der Waals surface area contributed by atoms with E-state index in [1.54, 1.807) is 0 Å². The Morgan fingerprint density at radius 1 is 1.21 bits per heavy atom. The number of nitrogens with zero attached hydrogens (tertiary/aromatic N) is 3. The van der Waals surface area contributed by atoms with Crippen molar-refractivity contribution < 1.29 is 0 Å². The number of nitrogen functional groups attached to an aromatic ring is 1. The van der Waals surface area contributed by atoms with Crippen LogP contribution in [0.4, 0.5) is 11.4 Å². The van der Waals surface area contributed by atoms with Crippen molar-refractivity contribution in [1.82, 2.24) is 9.88 Å². The molecule has 0 bridgehead atoms. The normalized spacial score (nSPS) is 20.9. The molecule has 1 aromatic heterocycles. The van der Waals surface area contributed by atoms with Gasteiger partial charge in [-0.15, -0.1) is 0 Å². The van der Waals surface area contributed by atoms with Crippen LogP contribution in [0.2, 0.25) is 0 Å². The predicted molar refractivity (Wildman–Crippen MR) is 80.5 cm³/mol. The fourth-order valence-electron chi connectivity index (χ4n) is 2.94. The van der Waals surface area contributed by atoms with Gasteiger partial charge in [-0.05, 0) is 32.2 Å². The molecule has 2 aromatic rings. The minimum absolute atomic E-state index is 0.513. The number of hydrogen-bond donors (Lipinski definition) is 1. The maximum absolute atomic E-state index is 6.04. The fraction of sp³-hybridized carbons (Fsp3) is 0.400. The third kappa shape index (κ3) is 2.12. The van der Waals surface area contributed by atoms with Crippen LogP contribution >= 0.6 is 0 Å². The summed E-state index contributed by atoms with van der Waals surface area (Å²) in [6.45, 7) is 5.52. The number of fused-ring (bicyclic) bond motifs is 1. The zero-order valence-electron chi connectivity index (χ0n) is 11.5. The number of anilines is 2. The summed E-state index contributed by atoms with van der Waals surface area (Å²) in [6, 6.07) is 6.70. The van der Waals surface area contributed by atoms with Crippen LogP contribution in [0.15, 0.2) is 30.6 Å². The number of nitrogens with two attached hydrogens (primary N) is 1. The summed E-state index contributed by atoms with van der Waals surface area (Å²) < 4.78 is 0. The highest BCUT2D eigenvalue weighted by atomic mass is 15.3. The third-order valence-electron chi connectivity index (χ3n) is 3.97. The number of piperazine rings is 1. The average Bonchev–Trinajstić information content (AvgIpc) is 2.41. The molecule has 0 aliphatic carbocycles. The number of rotatable bonds is 1. The van der Waals surface area contributed by atoms with Gasteiger partial charge in [0.05, 0.1) is 0 Å². The van der Waals surface area contributed by atoms with E-state index in [1.807, 2.05) is 18.5 Å². The average molecular weight is 256 g/mol. The van der Waals surface area contributed by atoms with Gasteiger partial charge in [0.1, 0.15) is 0 Å². The molecule has 1 atom stereocenters. The van der Waals surface area contributed by atoms with Crippen molar-refractivity contribution in [1.29, 1.82) is 0 Å². The van der Waals surface area contributed by atoms with E-state index in [2.05, 4.69) is 40.9 Å². The van der Waals surface area contributed by atoms with E-state index in [9.17, 15) is 0 Å². The second kappa shape index (κ2) is 4.70. The molecule has 1 aliphatic rings.